The van der Waals surface area contributed by atoms with E-state index in [0.717, 1.165) is 18.7 Å². The van der Waals surface area contributed by atoms with E-state index in [4.69, 9.17) is 5.26 Å². The van der Waals surface area contributed by atoms with Gasteiger partial charge in [0.25, 0.3) is 0 Å². The molecule has 0 atom stereocenters. The quantitative estimate of drug-likeness (QED) is 0.827. The lowest BCUT2D eigenvalue weighted by Crippen LogP contribution is -2.07. The molecular formula is C17H16F3N3. The molecule has 1 aliphatic rings. The maximum absolute atomic E-state index is 12.9. The molecule has 3 rings (SSSR count). The minimum atomic E-state index is -4.47. The van der Waals surface area contributed by atoms with Crippen LogP contribution in [0.3, 0.4) is 0 Å². The van der Waals surface area contributed by atoms with Crippen molar-refractivity contribution in [3.63, 3.8) is 0 Å². The highest BCUT2D eigenvalue weighted by atomic mass is 19.4. The number of alkyl halides is 3. The summed E-state index contributed by atoms with van der Waals surface area (Å²) < 4.78 is 40.6. The van der Waals surface area contributed by atoms with Crippen LogP contribution >= 0.6 is 0 Å². The molecule has 1 saturated carbocycles. The second kappa shape index (κ2) is 6.07. The van der Waals surface area contributed by atoms with Gasteiger partial charge in [0.1, 0.15) is 0 Å². The zero-order chi connectivity index (χ0) is 16.4. The van der Waals surface area contributed by atoms with Gasteiger partial charge in [-0.05, 0) is 42.5 Å². The number of nitriles is 1. The molecule has 6 heteroatoms. The van der Waals surface area contributed by atoms with Crippen LogP contribution in [0.2, 0.25) is 0 Å². The van der Waals surface area contributed by atoms with Crippen LogP contribution in [0.1, 0.15) is 36.8 Å². The molecule has 1 heterocycles. The van der Waals surface area contributed by atoms with Gasteiger partial charge in [0.15, 0.2) is 0 Å². The molecule has 0 bridgehead atoms. The first kappa shape index (κ1) is 15.6. The van der Waals surface area contributed by atoms with Crippen molar-refractivity contribution in [2.24, 2.45) is 5.92 Å². The van der Waals surface area contributed by atoms with Crippen molar-refractivity contribution in [2.45, 2.75) is 38.4 Å². The summed E-state index contributed by atoms with van der Waals surface area (Å²) >= 11 is 0. The third-order valence-electron chi connectivity index (χ3n) is 4.28. The van der Waals surface area contributed by atoms with Gasteiger partial charge in [-0.1, -0.05) is 12.8 Å². The van der Waals surface area contributed by atoms with Gasteiger partial charge in [0.05, 0.1) is 23.4 Å². The second-order valence-electron chi connectivity index (χ2n) is 6.01. The first-order chi connectivity index (χ1) is 11.0. The Kier molecular flexibility index (Phi) is 4.12. The molecule has 0 saturated heterocycles. The zero-order valence-corrected chi connectivity index (χ0v) is 12.5. The van der Waals surface area contributed by atoms with Gasteiger partial charge in [-0.2, -0.15) is 23.5 Å². The molecule has 1 aromatic heterocycles. The lowest BCUT2D eigenvalue weighted by Gasteiger charge is -2.09. The molecule has 120 valence electrons. The van der Waals surface area contributed by atoms with Crippen LogP contribution in [0.5, 0.6) is 0 Å². The standard InChI is InChI=1S/C17H16F3N3/c18-17(19,20)16-6-13(8-21)5-14(7-16)15-9-22-23(11-15)10-12-3-1-2-4-12/h5-7,9,11-12H,1-4,10H2. The highest BCUT2D eigenvalue weighted by molar-refractivity contribution is 5.65. The summed E-state index contributed by atoms with van der Waals surface area (Å²) in [6, 6.07) is 5.19. The molecule has 0 unspecified atom stereocenters. The van der Waals surface area contributed by atoms with Crippen LogP contribution in [-0.4, -0.2) is 9.78 Å². The Bertz CT molecular complexity index is 734. The SMILES string of the molecule is N#Cc1cc(-c2cnn(CC3CCCC3)c2)cc(C(F)(F)F)c1. The normalized spacial score (nSPS) is 15.7. The lowest BCUT2D eigenvalue weighted by atomic mass is 10.0. The molecule has 0 aliphatic heterocycles. The fourth-order valence-electron chi connectivity index (χ4n) is 3.09. The Labute approximate surface area is 132 Å². The van der Waals surface area contributed by atoms with Gasteiger partial charge in [-0.25, -0.2) is 0 Å². The molecule has 1 aromatic carbocycles. The van der Waals surface area contributed by atoms with E-state index in [1.165, 1.54) is 31.7 Å². The van der Waals surface area contributed by atoms with E-state index in [-0.39, 0.29) is 5.56 Å². The maximum atomic E-state index is 12.9. The van der Waals surface area contributed by atoms with Crippen LogP contribution in [-0.2, 0) is 12.7 Å². The van der Waals surface area contributed by atoms with Gasteiger partial charge in [-0.3, -0.25) is 4.68 Å². The summed E-state index contributed by atoms with van der Waals surface area (Å²) in [5, 5.41) is 13.2. The van der Waals surface area contributed by atoms with Crippen molar-refractivity contribution in [2.75, 3.05) is 0 Å². The van der Waals surface area contributed by atoms with Gasteiger partial charge < -0.3 is 0 Å². The van der Waals surface area contributed by atoms with Crippen LogP contribution in [0.4, 0.5) is 13.2 Å². The van der Waals surface area contributed by atoms with Gasteiger partial charge in [0, 0.05) is 18.3 Å². The Morgan fingerprint density at radius 1 is 1.17 bits per heavy atom. The maximum Gasteiger partial charge on any atom is 0.416 e. The molecule has 23 heavy (non-hydrogen) atoms. The van der Waals surface area contributed by atoms with Crippen molar-refractivity contribution >= 4 is 0 Å². The number of hydrogen-bond donors (Lipinski definition) is 0. The predicted molar refractivity (Wildman–Crippen MR) is 79.3 cm³/mol. The third-order valence-corrected chi connectivity index (χ3v) is 4.28. The summed E-state index contributed by atoms with van der Waals surface area (Å²) in [6.45, 7) is 0.796. The van der Waals surface area contributed by atoms with Crippen molar-refractivity contribution < 1.29 is 13.2 Å². The summed E-state index contributed by atoms with van der Waals surface area (Å²) in [4.78, 5) is 0. The fraction of sp³-hybridized carbons (Fsp3) is 0.412. The molecule has 0 N–H and O–H groups in total. The molecule has 0 spiro atoms. The fourth-order valence-corrected chi connectivity index (χ4v) is 3.09. The Morgan fingerprint density at radius 3 is 2.57 bits per heavy atom. The molecule has 0 amide bonds. The lowest BCUT2D eigenvalue weighted by molar-refractivity contribution is -0.137. The number of rotatable bonds is 3. The van der Waals surface area contributed by atoms with Crippen LogP contribution < -0.4 is 0 Å². The van der Waals surface area contributed by atoms with E-state index in [0.29, 0.717) is 17.0 Å². The Balaban J connectivity index is 1.89. The first-order valence-corrected chi connectivity index (χ1v) is 7.61. The van der Waals surface area contributed by atoms with E-state index in [1.54, 1.807) is 23.1 Å². The molecule has 2 aromatic rings. The largest absolute Gasteiger partial charge is 0.416 e. The highest BCUT2D eigenvalue weighted by Gasteiger charge is 2.31. The topological polar surface area (TPSA) is 41.6 Å². The monoisotopic (exact) mass is 319 g/mol. The average Bonchev–Trinajstić information content (AvgIpc) is 3.18. The number of nitrogens with zero attached hydrogens (tertiary/aromatic N) is 3. The van der Waals surface area contributed by atoms with Gasteiger partial charge in [0.2, 0.25) is 0 Å². The van der Waals surface area contributed by atoms with Crippen molar-refractivity contribution in [1.82, 2.24) is 9.78 Å². The van der Waals surface area contributed by atoms with E-state index in [2.05, 4.69) is 5.10 Å². The number of aromatic nitrogens is 2. The predicted octanol–water partition coefficient (Wildman–Crippen LogP) is 4.63. The average molecular weight is 319 g/mol. The first-order valence-electron chi connectivity index (χ1n) is 7.61. The van der Waals surface area contributed by atoms with Gasteiger partial charge in [-0.15, -0.1) is 0 Å². The molecule has 1 fully saturated rings. The summed E-state index contributed by atoms with van der Waals surface area (Å²) in [5.74, 6) is 0.596. The van der Waals surface area contributed by atoms with E-state index in [9.17, 15) is 13.2 Å². The number of halogens is 3. The minimum Gasteiger partial charge on any atom is -0.272 e. The molecule has 3 nitrogen and oxygen atoms in total. The van der Waals surface area contributed by atoms with E-state index >= 15 is 0 Å². The van der Waals surface area contributed by atoms with Crippen molar-refractivity contribution in [3.8, 4) is 17.2 Å². The number of benzene rings is 1. The molecular weight excluding hydrogens is 303 g/mol. The Hall–Kier alpha value is -2.29. The van der Waals surface area contributed by atoms with Crippen molar-refractivity contribution in [3.05, 3.63) is 41.7 Å². The van der Waals surface area contributed by atoms with E-state index in [1.807, 2.05) is 0 Å². The minimum absolute atomic E-state index is 0.00151. The van der Waals surface area contributed by atoms with Crippen LogP contribution in [0.25, 0.3) is 11.1 Å². The Morgan fingerprint density at radius 2 is 1.91 bits per heavy atom. The van der Waals surface area contributed by atoms with E-state index < -0.39 is 11.7 Å². The highest BCUT2D eigenvalue weighted by Crippen LogP contribution is 2.33. The van der Waals surface area contributed by atoms with Crippen LogP contribution in [0, 0.1) is 17.2 Å². The van der Waals surface area contributed by atoms with Crippen LogP contribution in [0.15, 0.2) is 30.6 Å². The molecule has 1 aliphatic carbocycles. The summed E-state index contributed by atoms with van der Waals surface area (Å²) in [6.07, 6.45) is 3.67. The second-order valence-corrected chi connectivity index (χ2v) is 6.01. The number of hydrogen-bond acceptors (Lipinski definition) is 2. The molecule has 0 radical (unpaired) electrons. The van der Waals surface area contributed by atoms with Crippen molar-refractivity contribution in [1.29, 1.82) is 5.26 Å². The summed E-state index contributed by atoms with van der Waals surface area (Å²) in [7, 11) is 0. The van der Waals surface area contributed by atoms with Gasteiger partial charge >= 0.3 is 6.18 Å². The summed E-state index contributed by atoms with van der Waals surface area (Å²) in [5.41, 5.74) is 0.160. The zero-order valence-electron chi connectivity index (χ0n) is 12.5. The third kappa shape index (κ3) is 3.55. The smallest absolute Gasteiger partial charge is 0.272 e.